The quantitative estimate of drug-likeness (QED) is 0.470. The van der Waals surface area contributed by atoms with Gasteiger partial charge in [-0.2, -0.15) is 0 Å². The smallest absolute Gasteiger partial charge is 0.139 e. The normalized spacial score (nSPS) is 9.09. The van der Waals surface area contributed by atoms with Crippen LogP contribution in [0.4, 0.5) is 0 Å². The fraction of sp³-hybridized carbons (Fsp3) is 0.100. The van der Waals surface area contributed by atoms with E-state index >= 15 is 0 Å². The summed E-state index contributed by atoms with van der Waals surface area (Å²) in [7, 11) is 0. The molecule has 0 heterocycles. The molecule has 0 spiro atoms. The van der Waals surface area contributed by atoms with Crippen molar-refractivity contribution >= 4 is 0 Å². The molecule has 0 amide bonds. The van der Waals surface area contributed by atoms with Gasteiger partial charge in [-0.3, -0.25) is 0 Å². The van der Waals surface area contributed by atoms with Crippen molar-refractivity contribution in [2.45, 2.75) is 6.42 Å². The van der Waals surface area contributed by atoms with Crippen LogP contribution in [0.5, 0.6) is 5.75 Å². The third kappa shape index (κ3) is 2.89. The van der Waals surface area contributed by atoms with Crippen molar-refractivity contribution in [1.82, 2.24) is 0 Å². The second-order valence-corrected chi connectivity index (χ2v) is 2.12. The van der Waals surface area contributed by atoms with E-state index in [0.29, 0.717) is 0 Å². The van der Waals surface area contributed by atoms with E-state index in [9.17, 15) is 0 Å². The molecular formula is C10H11O. The molecule has 0 fully saturated rings. The molecular weight excluding hydrogens is 136 g/mol. The lowest BCUT2D eigenvalue weighted by Gasteiger charge is -2.01. The number of hydrogen-bond donors (Lipinski definition) is 0. The van der Waals surface area contributed by atoms with Crippen molar-refractivity contribution in [2.75, 3.05) is 0 Å². The zero-order chi connectivity index (χ0) is 7.94. The first-order chi connectivity index (χ1) is 5.43. The molecule has 0 aliphatic heterocycles. The Kier molecular flexibility index (Phi) is 3.26. The van der Waals surface area contributed by atoms with Gasteiger partial charge < -0.3 is 4.74 Å². The van der Waals surface area contributed by atoms with Crippen molar-refractivity contribution in [3.8, 4) is 5.75 Å². The van der Waals surface area contributed by atoms with Gasteiger partial charge in [-0.05, 0) is 12.1 Å². The van der Waals surface area contributed by atoms with Crippen LogP contribution in [-0.4, -0.2) is 0 Å². The van der Waals surface area contributed by atoms with E-state index in [2.05, 4.69) is 6.58 Å². The maximum Gasteiger partial charge on any atom is 0.139 e. The molecule has 1 heteroatoms. The highest BCUT2D eigenvalue weighted by Crippen LogP contribution is 2.09. The van der Waals surface area contributed by atoms with E-state index in [-0.39, 0.29) is 0 Å². The van der Waals surface area contributed by atoms with Gasteiger partial charge in [0.2, 0.25) is 0 Å². The van der Waals surface area contributed by atoms with Crippen LogP contribution in [0.1, 0.15) is 6.42 Å². The van der Waals surface area contributed by atoms with Gasteiger partial charge in [-0.25, -0.2) is 0 Å². The highest BCUT2D eigenvalue weighted by molar-refractivity contribution is 5.21. The van der Waals surface area contributed by atoms with Crippen molar-refractivity contribution in [1.29, 1.82) is 0 Å². The van der Waals surface area contributed by atoms with Crippen LogP contribution in [-0.2, 0) is 0 Å². The predicted octanol–water partition coefficient (Wildman–Crippen LogP) is 2.80. The van der Waals surface area contributed by atoms with Crippen molar-refractivity contribution in [3.05, 3.63) is 49.6 Å². The summed E-state index contributed by atoms with van der Waals surface area (Å²) in [6, 6.07) is 9.67. The summed E-state index contributed by atoms with van der Waals surface area (Å²) in [6.45, 7) is 5.31. The van der Waals surface area contributed by atoms with Crippen molar-refractivity contribution in [3.63, 3.8) is 0 Å². The van der Waals surface area contributed by atoms with E-state index in [1.54, 1.807) is 12.7 Å². The fourth-order valence-electron chi connectivity index (χ4n) is 0.711. The molecule has 0 N–H and O–H groups in total. The van der Waals surface area contributed by atoms with Crippen molar-refractivity contribution < 1.29 is 4.74 Å². The standard InChI is InChI=1S/C10H11O/c1-2-3-9-11-10-7-5-4-6-8-10/h2,4-9H,1,3H2. The van der Waals surface area contributed by atoms with Gasteiger partial charge in [0.1, 0.15) is 12.4 Å². The zero-order valence-corrected chi connectivity index (χ0v) is 6.36. The Morgan fingerprint density at radius 1 is 1.27 bits per heavy atom. The minimum Gasteiger partial charge on any atom is -0.486 e. The first kappa shape index (κ1) is 7.86. The summed E-state index contributed by atoms with van der Waals surface area (Å²) in [6.07, 6.45) is 2.57. The lowest BCUT2D eigenvalue weighted by molar-refractivity contribution is 0.404. The molecule has 0 aromatic heterocycles. The minimum absolute atomic E-state index is 0.773. The number of benzene rings is 1. The van der Waals surface area contributed by atoms with Crippen LogP contribution >= 0.6 is 0 Å². The van der Waals surface area contributed by atoms with Crippen LogP contribution in [0, 0.1) is 6.61 Å². The van der Waals surface area contributed by atoms with Crippen LogP contribution in [0.25, 0.3) is 0 Å². The molecule has 1 radical (unpaired) electrons. The summed E-state index contributed by atoms with van der Waals surface area (Å²) in [5, 5.41) is 0. The molecule has 57 valence electrons. The third-order valence-corrected chi connectivity index (χ3v) is 1.23. The molecule has 0 atom stereocenters. The Morgan fingerprint density at radius 2 is 2.00 bits per heavy atom. The van der Waals surface area contributed by atoms with E-state index in [1.165, 1.54) is 0 Å². The van der Waals surface area contributed by atoms with Crippen LogP contribution in [0.3, 0.4) is 0 Å². The van der Waals surface area contributed by atoms with Gasteiger partial charge in [0.25, 0.3) is 0 Å². The predicted molar refractivity (Wildman–Crippen MR) is 46.2 cm³/mol. The number of ether oxygens (including phenoxy) is 1. The van der Waals surface area contributed by atoms with E-state index in [4.69, 9.17) is 4.74 Å². The second-order valence-electron chi connectivity index (χ2n) is 2.12. The van der Waals surface area contributed by atoms with Gasteiger partial charge in [-0.15, -0.1) is 6.58 Å². The summed E-state index contributed by atoms with van der Waals surface area (Å²) in [5.41, 5.74) is 0. The average molecular weight is 147 g/mol. The SMILES string of the molecule is C=CC[CH]Oc1ccccc1. The number of para-hydroxylation sites is 1. The Hall–Kier alpha value is -1.24. The van der Waals surface area contributed by atoms with Gasteiger partial charge in [0.15, 0.2) is 0 Å². The van der Waals surface area contributed by atoms with E-state index in [0.717, 1.165) is 12.2 Å². The Morgan fingerprint density at radius 3 is 2.64 bits per heavy atom. The molecule has 0 bridgehead atoms. The van der Waals surface area contributed by atoms with E-state index in [1.807, 2.05) is 30.3 Å². The first-order valence-corrected chi connectivity index (χ1v) is 3.58. The molecule has 1 nitrogen and oxygen atoms in total. The zero-order valence-electron chi connectivity index (χ0n) is 6.36. The maximum atomic E-state index is 5.25. The van der Waals surface area contributed by atoms with Gasteiger partial charge >= 0.3 is 0 Å². The van der Waals surface area contributed by atoms with Gasteiger partial charge in [-0.1, -0.05) is 24.3 Å². The summed E-state index contributed by atoms with van der Waals surface area (Å²) < 4.78 is 5.25. The summed E-state index contributed by atoms with van der Waals surface area (Å²) >= 11 is 0. The molecule has 11 heavy (non-hydrogen) atoms. The average Bonchev–Trinajstić information content (AvgIpc) is 2.07. The lowest BCUT2D eigenvalue weighted by atomic mass is 10.3. The molecule has 0 aliphatic carbocycles. The first-order valence-electron chi connectivity index (χ1n) is 3.58. The van der Waals surface area contributed by atoms with Gasteiger partial charge in [0.05, 0.1) is 0 Å². The number of hydrogen-bond acceptors (Lipinski definition) is 1. The molecule has 0 saturated heterocycles. The topological polar surface area (TPSA) is 9.23 Å². The third-order valence-electron chi connectivity index (χ3n) is 1.23. The fourth-order valence-corrected chi connectivity index (χ4v) is 0.711. The van der Waals surface area contributed by atoms with Crippen LogP contribution in [0.15, 0.2) is 43.0 Å². The highest BCUT2D eigenvalue weighted by Gasteiger charge is 1.88. The van der Waals surface area contributed by atoms with Crippen molar-refractivity contribution in [2.24, 2.45) is 0 Å². The molecule has 0 unspecified atom stereocenters. The molecule has 0 aliphatic rings. The Balaban J connectivity index is 2.33. The summed E-state index contributed by atoms with van der Waals surface area (Å²) in [5.74, 6) is 0.870. The Labute approximate surface area is 67.3 Å². The van der Waals surface area contributed by atoms with Gasteiger partial charge in [0, 0.05) is 6.42 Å². The van der Waals surface area contributed by atoms with Crippen LogP contribution in [0.2, 0.25) is 0 Å². The second kappa shape index (κ2) is 4.56. The largest absolute Gasteiger partial charge is 0.486 e. The molecule has 1 aromatic carbocycles. The Bertz CT molecular complexity index is 203. The monoisotopic (exact) mass is 147 g/mol. The number of rotatable bonds is 4. The molecule has 1 rings (SSSR count). The molecule has 1 aromatic rings. The maximum absolute atomic E-state index is 5.25. The minimum atomic E-state index is 0.773. The highest BCUT2D eigenvalue weighted by atomic mass is 16.5. The van der Waals surface area contributed by atoms with E-state index < -0.39 is 0 Å². The lowest BCUT2D eigenvalue weighted by Crippen LogP contribution is -1.86. The van der Waals surface area contributed by atoms with Crippen LogP contribution < -0.4 is 4.74 Å². The molecule has 0 saturated carbocycles. The summed E-state index contributed by atoms with van der Waals surface area (Å²) in [4.78, 5) is 0.